The number of nitrogens with zero attached hydrogens (tertiary/aromatic N) is 1. The third kappa shape index (κ3) is 4.73. The van der Waals surface area contributed by atoms with E-state index in [9.17, 15) is 0 Å². The summed E-state index contributed by atoms with van der Waals surface area (Å²) in [5, 5.41) is 2.38. The summed E-state index contributed by atoms with van der Waals surface area (Å²) in [4.78, 5) is 0. The highest BCUT2D eigenvalue weighted by atomic mass is 14.9. The summed E-state index contributed by atoms with van der Waals surface area (Å²) in [7, 11) is 2.06. The molecule has 1 heterocycles. The first kappa shape index (κ1) is 20.6. The molecule has 1 rings (SSSR count). The van der Waals surface area contributed by atoms with E-state index >= 15 is 0 Å². The van der Waals surface area contributed by atoms with Crippen molar-refractivity contribution in [1.29, 1.82) is 0 Å². The minimum absolute atomic E-state index is 1.17. The molecule has 112 valence electrons. The molecular weight excluding hydrogens is 242 g/mol. The first-order valence-corrected chi connectivity index (χ1v) is 7.44. The molecule has 20 heavy (non-hydrogen) atoms. The van der Waals surface area contributed by atoms with Gasteiger partial charge in [0.25, 0.3) is 0 Å². The molecule has 1 aromatic heterocycles. The van der Waals surface area contributed by atoms with Crippen LogP contribution in [0.1, 0.15) is 52.8 Å². The van der Waals surface area contributed by atoms with E-state index in [2.05, 4.69) is 36.9 Å². The van der Waals surface area contributed by atoms with Gasteiger partial charge in [0.05, 0.1) is 0 Å². The monoisotopic (exact) mass is 273 g/mol. The zero-order valence-corrected chi connectivity index (χ0v) is 14.3. The van der Waals surface area contributed by atoms with E-state index in [0.717, 1.165) is 0 Å². The quantitative estimate of drug-likeness (QED) is 0.763. The van der Waals surface area contributed by atoms with Crippen LogP contribution in [0.25, 0.3) is 24.3 Å². The Morgan fingerprint density at radius 2 is 1.55 bits per heavy atom. The lowest BCUT2D eigenvalue weighted by Gasteiger charge is -1.98. The average molecular weight is 273 g/mol. The molecule has 0 aliphatic carbocycles. The van der Waals surface area contributed by atoms with Crippen LogP contribution in [0, 0.1) is 0 Å². The van der Waals surface area contributed by atoms with Gasteiger partial charge in [-0.05, 0) is 26.0 Å². The SMILES string of the molecule is C=C/C=c1\c(=C/C)c(C=C)c(/C=C\C)n1C.CC.CC. The Morgan fingerprint density at radius 1 is 1.00 bits per heavy atom. The second-order valence-corrected chi connectivity index (χ2v) is 3.55. The van der Waals surface area contributed by atoms with Crippen molar-refractivity contribution in [3.05, 3.63) is 47.1 Å². The van der Waals surface area contributed by atoms with Crippen LogP contribution in [0.2, 0.25) is 0 Å². The van der Waals surface area contributed by atoms with Crippen molar-refractivity contribution in [2.24, 2.45) is 7.05 Å². The van der Waals surface area contributed by atoms with E-state index in [0.29, 0.717) is 0 Å². The van der Waals surface area contributed by atoms with Crippen molar-refractivity contribution in [1.82, 2.24) is 4.57 Å². The van der Waals surface area contributed by atoms with Gasteiger partial charge in [0.15, 0.2) is 0 Å². The summed E-state index contributed by atoms with van der Waals surface area (Å²) in [5.74, 6) is 0. The zero-order valence-electron chi connectivity index (χ0n) is 14.3. The van der Waals surface area contributed by atoms with Crippen LogP contribution in [0.4, 0.5) is 0 Å². The standard InChI is InChI=1S/C15H19N.2C2H6/c1-6-10-14-12(8-3)13(9-4)15(11-7-2)16(14)5;2*1-2/h6-11H,1,4H2,2-3,5H3;2*1-2H3/b11-7-,12-8-,14-10+;;. The average Bonchev–Trinajstić information content (AvgIpc) is 2.76. The van der Waals surface area contributed by atoms with Gasteiger partial charge in [-0.2, -0.15) is 0 Å². The van der Waals surface area contributed by atoms with Gasteiger partial charge in [-0.1, -0.05) is 65.2 Å². The highest BCUT2D eigenvalue weighted by Gasteiger charge is 2.05. The first-order valence-electron chi connectivity index (χ1n) is 7.44. The Balaban J connectivity index is 0. The van der Waals surface area contributed by atoms with Crippen molar-refractivity contribution in [2.45, 2.75) is 41.5 Å². The molecule has 0 bridgehead atoms. The summed E-state index contributed by atoms with van der Waals surface area (Å²) in [6.07, 6.45) is 12.0. The predicted octanol–water partition coefficient (Wildman–Crippen LogP) is 4.52. The second kappa shape index (κ2) is 12.3. The molecule has 0 N–H and O–H groups in total. The molecule has 1 heteroatoms. The maximum atomic E-state index is 3.89. The summed E-state index contributed by atoms with van der Waals surface area (Å²) < 4.78 is 2.16. The maximum absolute atomic E-state index is 3.89. The van der Waals surface area contributed by atoms with E-state index in [1.807, 2.05) is 65.8 Å². The van der Waals surface area contributed by atoms with E-state index < -0.39 is 0 Å². The minimum Gasteiger partial charge on any atom is -0.344 e. The fourth-order valence-electron chi connectivity index (χ4n) is 1.96. The maximum Gasteiger partial charge on any atom is 0.0485 e. The van der Waals surface area contributed by atoms with Crippen molar-refractivity contribution in [3.63, 3.8) is 0 Å². The molecule has 0 aromatic carbocycles. The molecule has 1 nitrogen and oxygen atoms in total. The van der Waals surface area contributed by atoms with E-state index in [4.69, 9.17) is 0 Å². The first-order chi connectivity index (χ1) is 9.71. The molecule has 0 aliphatic heterocycles. The Hall–Kier alpha value is -1.76. The molecule has 0 amide bonds. The van der Waals surface area contributed by atoms with Gasteiger partial charge < -0.3 is 4.57 Å². The molecule has 0 unspecified atom stereocenters. The number of hydrogen-bond acceptors (Lipinski definition) is 0. The molecule has 0 saturated heterocycles. The van der Waals surface area contributed by atoms with Crippen molar-refractivity contribution >= 4 is 24.3 Å². The van der Waals surface area contributed by atoms with Crippen LogP contribution in [-0.4, -0.2) is 4.57 Å². The van der Waals surface area contributed by atoms with Crippen LogP contribution >= 0.6 is 0 Å². The summed E-state index contributed by atoms with van der Waals surface area (Å²) in [6.45, 7) is 19.7. The topological polar surface area (TPSA) is 4.93 Å². The Kier molecular flexibility index (Phi) is 12.6. The smallest absolute Gasteiger partial charge is 0.0485 e. The van der Waals surface area contributed by atoms with Gasteiger partial charge in [-0.15, -0.1) is 0 Å². The van der Waals surface area contributed by atoms with Gasteiger partial charge in [0.2, 0.25) is 0 Å². The van der Waals surface area contributed by atoms with Gasteiger partial charge >= 0.3 is 0 Å². The Bertz CT molecular complexity index is 539. The summed E-state index contributed by atoms with van der Waals surface area (Å²) >= 11 is 0. The summed E-state index contributed by atoms with van der Waals surface area (Å²) in [6, 6.07) is 0. The van der Waals surface area contributed by atoms with Crippen LogP contribution in [0.5, 0.6) is 0 Å². The van der Waals surface area contributed by atoms with Crippen LogP contribution in [-0.2, 0) is 7.05 Å². The van der Waals surface area contributed by atoms with E-state index in [1.54, 1.807) is 0 Å². The lowest BCUT2D eigenvalue weighted by molar-refractivity contribution is 0.877. The second-order valence-electron chi connectivity index (χ2n) is 3.55. The molecular formula is C19H31N. The van der Waals surface area contributed by atoms with Crippen molar-refractivity contribution in [3.8, 4) is 0 Å². The lowest BCUT2D eigenvalue weighted by Crippen LogP contribution is -2.28. The summed E-state index contributed by atoms with van der Waals surface area (Å²) in [5.41, 5.74) is 2.36. The molecule has 0 spiro atoms. The Labute approximate surface area is 125 Å². The van der Waals surface area contributed by atoms with Gasteiger partial charge in [0, 0.05) is 28.9 Å². The van der Waals surface area contributed by atoms with Crippen LogP contribution < -0.4 is 10.6 Å². The highest BCUT2D eigenvalue weighted by molar-refractivity contribution is 5.65. The van der Waals surface area contributed by atoms with Crippen molar-refractivity contribution < 1.29 is 0 Å². The largest absolute Gasteiger partial charge is 0.344 e. The van der Waals surface area contributed by atoms with Crippen LogP contribution in [0.15, 0.2) is 25.3 Å². The fraction of sp³-hybridized carbons (Fsp3) is 0.368. The molecule has 0 atom stereocenters. The fourth-order valence-corrected chi connectivity index (χ4v) is 1.96. The van der Waals surface area contributed by atoms with Gasteiger partial charge in [-0.25, -0.2) is 0 Å². The van der Waals surface area contributed by atoms with Crippen molar-refractivity contribution in [2.75, 3.05) is 0 Å². The van der Waals surface area contributed by atoms with E-state index in [-0.39, 0.29) is 0 Å². The molecule has 0 aliphatic rings. The molecule has 0 radical (unpaired) electrons. The normalized spacial score (nSPS) is 11.6. The van der Waals surface area contributed by atoms with Gasteiger partial charge in [0.1, 0.15) is 0 Å². The Morgan fingerprint density at radius 3 is 1.90 bits per heavy atom. The third-order valence-electron chi connectivity index (χ3n) is 2.66. The molecule has 0 saturated carbocycles. The number of aromatic nitrogens is 1. The minimum atomic E-state index is 1.17. The number of allylic oxidation sites excluding steroid dienone is 2. The lowest BCUT2D eigenvalue weighted by atomic mass is 10.2. The van der Waals surface area contributed by atoms with Gasteiger partial charge in [-0.3, -0.25) is 0 Å². The third-order valence-corrected chi connectivity index (χ3v) is 2.66. The predicted molar refractivity (Wildman–Crippen MR) is 97.0 cm³/mol. The number of rotatable bonds is 3. The number of hydrogen-bond donors (Lipinski definition) is 0. The van der Waals surface area contributed by atoms with E-state index in [1.165, 1.54) is 21.8 Å². The highest BCUT2D eigenvalue weighted by Crippen LogP contribution is 2.06. The van der Waals surface area contributed by atoms with Crippen LogP contribution in [0.3, 0.4) is 0 Å². The molecule has 0 fully saturated rings. The molecule has 1 aromatic rings. The zero-order chi connectivity index (χ0) is 16.1.